The first kappa shape index (κ1) is 21.9. The van der Waals surface area contributed by atoms with Crippen LogP contribution >= 0.6 is 0 Å². The minimum atomic E-state index is -3.15. The zero-order valence-corrected chi connectivity index (χ0v) is 17.8. The lowest BCUT2D eigenvalue weighted by Gasteiger charge is -2.29. The molecule has 1 aliphatic heterocycles. The van der Waals surface area contributed by atoms with Gasteiger partial charge in [0.25, 0.3) is 11.5 Å². The van der Waals surface area contributed by atoms with Gasteiger partial charge in [-0.25, -0.2) is 13.4 Å². The van der Waals surface area contributed by atoms with Crippen molar-refractivity contribution in [2.75, 3.05) is 24.7 Å². The fraction of sp³-hybridized carbons (Fsp3) is 0.500. The van der Waals surface area contributed by atoms with E-state index in [1.807, 2.05) is 13.8 Å². The van der Waals surface area contributed by atoms with Gasteiger partial charge in [-0.15, -0.1) is 0 Å². The highest BCUT2D eigenvalue weighted by atomic mass is 32.2. The minimum Gasteiger partial charge on any atom is -0.454 e. The topological polar surface area (TPSA) is 116 Å². The van der Waals surface area contributed by atoms with Crippen molar-refractivity contribution in [1.29, 1.82) is 0 Å². The number of aromatic nitrogens is 2. The van der Waals surface area contributed by atoms with Gasteiger partial charge in [-0.2, -0.15) is 0 Å². The third-order valence-electron chi connectivity index (χ3n) is 4.92. The highest BCUT2D eigenvalue weighted by Gasteiger charge is 2.35. The second-order valence-corrected chi connectivity index (χ2v) is 10.1. The van der Waals surface area contributed by atoms with E-state index in [-0.39, 0.29) is 29.5 Å². The highest BCUT2D eigenvalue weighted by molar-refractivity contribution is 7.91. The zero-order chi connectivity index (χ0) is 21.9. The van der Waals surface area contributed by atoms with Crippen molar-refractivity contribution < 1.29 is 22.7 Å². The summed E-state index contributed by atoms with van der Waals surface area (Å²) in [6.45, 7) is 3.36. The van der Waals surface area contributed by atoms with Crippen LogP contribution in [0.5, 0.6) is 0 Å². The summed E-state index contributed by atoms with van der Waals surface area (Å²) in [5.74, 6) is -1.07. The Hall–Kier alpha value is -2.75. The fourth-order valence-corrected chi connectivity index (χ4v) is 5.23. The molecule has 3 rings (SSSR count). The van der Waals surface area contributed by atoms with Crippen molar-refractivity contribution in [2.24, 2.45) is 5.92 Å². The Morgan fingerprint density at radius 1 is 1.30 bits per heavy atom. The van der Waals surface area contributed by atoms with Gasteiger partial charge in [-0.1, -0.05) is 26.0 Å². The van der Waals surface area contributed by atoms with E-state index in [1.54, 1.807) is 24.3 Å². The van der Waals surface area contributed by atoms with Gasteiger partial charge in [0.1, 0.15) is 6.54 Å². The molecule has 1 aliphatic rings. The van der Waals surface area contributed by atoms with Gasteiger partial charge in [0.2, 0.25) is 0 Å². The smallest absolute Gasteiger partial charge is 0.326 e. The lowest BCUT2D eigenvalue weighted by Crippen LogP contribution is -2.45. The molecule has 2 heterocycles. The zero-order valence-electron chi connectivity index (χ0n) is 17.0. The number of carbonyl (C=O) groups excluding carboxylic acids is 2. The maximum atomic E-state index is 12.6. The number of ether oxygens (including phenoxy) is 1. The van der Waals surface area contributed by atoms with Crippen molar-refractivity contribution in [3.8, 4) is 0 Å². The number of amides is 1. The van der Waals surface area contributed by atoms with Gasteiger partial charge in [-0.05, 0) is 24.5 Å². The second kappa shape index (κ2) is 8.95. The molecule has 0 spiro atoms. The molecule has 30 heavy (non-hydrogen) atoms. The number of sulfone groups is 1. The van der Waals surface area contributed by atoms with E-state index in [2.05, 4.69) is 4.98 Å². The Morgan fingerprint density at radius 3 is 2.70 bits per heavy atom. The van der Waals surface area contributed by atoms with Crippen molar-refractivity contribution >= 4 is 32.6 Å². The van der Waals surface area contributed by atoms with Gasteiger partial charge in [0, 0.05) is 12.6 Å². The average molecular weight is 436 g/mol. The van der Waals surface area contributed by atoms with Crippen LogP contribution in [0.25, 0.3) is 10.9 Å². The Labute approximate surface area is 174 Å². The van der Waals surface area contributed by atoms with Crippen LogP contribution in [0.3, 0.4) is 0 Å². The van der Waals surface area contributed by atoms with Gasteiger partial charge in [0.15, 0.2) is 16.4 Å². The molecule has 0 aliphatic carbocycles. The lowest BCUT2D eigenvalue weighted by atomic mass is 10.1. The molecule has 162 valence electrons. The summed E-state index contributed by atoms with van der Waals surface area (Å²) < 4.78 is 29.8. The summed E-state index contributed by atoms with van der Waals surface area (Å²) in [5.41, 5.74) is 0.152. The summed E-state index contributed by atoms with van der Waals surface area (Å²) in [7, 11) is -3.15. The quantitative estimate of drug-likeness (QED) is 0.585. The Bertz CT molecular complexity index is 1110. The van der Waals surface area contributed by atoms with Gasteiger partial charge in [-0.3, -0.25) is 19.0 Å². The number of rotatable bonds is 7. The van der Waals surface area contributed by atoms with E-state index in [0.29, 0.717) is 23.9 Å². The molecule has 0 radical (unpaired) electrons. The van der Waals surface area contributed by atoms with Crippen LogP contribution in [-0.4, -0.2) is 65.4 Å². The summed E-state index contributed by atoms with van der Waals surface area (Å²) in [6.07, 6.45) is 1.65. The van der Waals surface area contributed by atoms with Crippen LogP contribution < -0.4 is 5.56 Å². The number of hydrogen-bond donors (Lipinski definition) is 0. The largest absolute Gasteiger partial charge is 0.454 e. The standard InChI is InChI=1S/C20H25N3O6S/c1-14(2)9-23(15-7-8-30(27,28)12-15)18(24)11-29-19(25)10-22-13-21-17-6-4-3-5-16(17)20(22)26/h3-6,13-15H,7-12H2,1-2H3/t15-/m0/s1. The Morgan fingerprint density at radius 2 is 2.03 bits per heavy atom. The molecular formula is C20H25N3O6S. The molecule has 1 fully saturated rings. The molecule has 0 N–H and O–H groups in total. The molecule has 1 aromatic carbocycles. The summed E-state index contributed by atoms with van der Waals surface area (Å²) in [4.78, 5) is 42.9. The molecule has 0 bridgehead atoms. The van der Waals surface area contributed by atoms with E-state index in [4.69, 9.17) is 4.74 Å². The third-order valence-corrected chi connectivity index (χ3v) is 6.67. The Balaban J connectivity index is 1.63. The number of hydrogen-bond acceptors (Lipinski definition) is 7. The first-order chi connectivity index (χ1) is 14.2. The maximum Gasteiger partial charge on any atom is 0.326 e. The van der Waals surface area contributed by atoms with E-state index in [0.717, 1.165) is 4.57 Å². The average Bonchev–Trinajstić information content (AvgIpc) is 3.06. The van der Waals surface area contributed by atoms with Gasteiger partial charge < -0.3 is 9.64 Å². The van der Waals surface area contributed by atoms with Crippen molar-refractivity contribution in [1.82, 2.24) is 14.5 Å². The molecule has 1 atom stereocenters. The maximum absolute atomic E-state index is 12.6. The van der Waals surface area contributed by atoms with Crippen LogP contribution in [0.4, 0.5) is 0 Å². The van der Waals surface area contributed by atoms with Crippen molar-refractivity contribution in [3.63, 3.8) is 0 Å². The fourth-order valence-electron chi connectivity index (χ4n) is 3.50. The highest BCUT2D eigenvalue weighted by Crippen LogP contribution is 2.19. The molecule has 10 heteroatoms. The molecule has 9 nitrogen and oxygen atoms in total. The van der Waals surface area contributed by atoms with Crippen molar-refractivity contribution in [2.45, 2.75) is 32.9 Å². The molecule has 1 aromatic heterocycles. The van der Waals surface area contributed by atoms with Crippen LogP contribution in [0, 0.1) is 5.92 Å². The summed E-state index contributed by atoms with van der Waals surface area (Å²) >= 11 is 0. The first-order valence-electron chi connectivity index (χ1n) is 9.76. The van der Waals surface area contributed by atoms with Crippen LogP contribution in [0.15, 0.2) is 35.4 Å². The molecule has 1 amide bonds. The molecule has 1 saturated heterocycles. The number of esters is 1. The number of nitrogens with zero attached hydrogens (tertiary/aromatic N) is 3. The summed E-state index contributed by atoms with van der Waals surface area (Å²) in [6, 6.07) is 6.38. The number of fused-ring (bicyclic) bond motifs is 1. The Kier molecular flexibility index (Phi) is 6.55. The SMILES string of the molecule is CC(C)CN(C(=O)COC(=O)Cn1cnc2ccccc2c1=O)[C@H]1CCS(=O)(=O)C1. The first-order valence-corrected chi connectivity index (χ1v) is 11.6. The second-order valence-electron chi connectivity index (χ2n) is 7.85. The van der Waals surface area contributed by atoms with Crippen molar-refractivity contribution in [3.05, 3.63) is 40.9 Å². The van der Waals surface area contributed by atoms with E-state index in [9.17, 15) is 22.8 Å². The van der Waals surface area contributed by atoms with E-state index >= 15 is 0 Å². The van der Waals surface area contributed by atoms with E-state index < -0.39 is 34.4 Å². The molecule has 0 unspecified atom stereocenters. The third kappa shape index (κ3) is 5.24. The van der Waals surface area contributed by atoms with Crippen LogP contribution in [0.2, 0.25) is 0 Å². The molecule has 0 saturated carbocycles. The molecular weight excluding hydrogens is 410 g/mol. The number of para-hydroxylation sites is 1. The monoisotopic (exact) mass is 435 g/mol. The van der Waals surface area contributed by atoms with Gasteiger partial charge in [0.05, 0.1) is 28.7 Å². The predicted molar refractivity (Wildman–Crippen MR) is 111 cm³/mol. The number of carbonyl (C=O) groups is 2. The lowest BCUT2D eigenvalue weighted by molar-refractivity contribution is -0.153. The number of benzene rings is 1. The van der Waals surface area contributed by atoms with Crippen LogP contribution in [0.1, 0.15) is 20.3 Å². The van der Waals surface area contributed by atoms with Crippen LogP contribution in [-0.2, 0) is 30.7 Å². The minimum absolute atomic E-state index is 0.0528. The summed E-state index contributed by atoms with van der Waals surface area (Å²) in [5, 5.41) is 0.384. The van der Waals surface area contributed by atoms with E-state index in [1.165, 1.54) is 11.2 Å². The predicted octanol–water partition coefficient (Wildman–Crippen LogP) is 0.611. The van der Waals surface area contributed by atoms with Gasteiger partial charge >= 0.3 is 5.97 Å². The molecule has 2 aromatic rings. The normalized spacial score (nSPS) is 17.9.